The molecule has 0 amide bonds. The Morgan fingerprint density at radius 1 is 1.24 bits per heavy atom. The van der Waals surface area contributed by atoms with Gasteiger partial charge in [-0.3, -0.25) is 4.79 Å². The third-order valence-electron chi connectivity index (χ3n) is 5.62. The molecule has 4 rings (SSSR count). The van der Waals surface area contributed by atoms with Gasteiger partial charge in [-0.1, -0.05) is 13.0 Å². The van der Waals surface area contributed by atoms with Crippen molar-refractivity contribution in [3.63, 3.8) is 0 Å². The van der Waals surface area contributed by atoms with Crippen LogP contribution in [0.15, 0.2) is 48.8 Å². The number of fused-ring (bicyclic) bond motifs is 1. The summed E-state index contributed by atoms with van der Waals surface area (Å²) in [6.45, 7) is 2.72. The van der Waals surface area contributed by atoms with E-state index in [1.807, 2.05) is 19.1 Å². The summed E-state index contributed by atoms with van der Waals surface area (Å²) in [4.78, 5) is 20.3. The van der Waals surface area contributed by atoms with Gasteiger partial charge in [-0.2, -0.15) is 5.26 Å². The standard InChI is InChI=1S/C25H22FN5O2S/c1-3-15-10-16(4-5-18(15)25(32)34)21-12-23(30-14-29-21)28-8-9-31-17(13-27)11-19-22(33-2)7-6-20(26)24(19)31/h4-7,10-12,14H,3,8-9H2,1-2H3,(H,32,34)(H,28,29,30). The molecular weight excluding hydrogens is 453 g/mol. The summed E-state index contributed by atoms with van der Waals surface area (Å²) in [5, 5.41) is 13.0. The molecule has 0 radical (unpaired) electrons. The summed E-state index contributed by atoms with van der Waals surface area (Å²) in [7, 11) is 1.51. The Bertz CT molecular complexity index is 1430. The number of rotatable bonds is 8. The van der Waals surface area contributed by atoms with Crippen molar-refractivity contribution in [2.75, 3.05) is 19.0 Å². The number of benzene rings is 2. The van der Waals surface area contributed by atoms with E-state index in [2.05, 4.69) is 34.0 Å². The van der Waals surface area contributed by atoms with Gasteiger partial charge in [-0.25, -0.2) is 14.4 Å². The lowest BCUT2D eigenvalue weighted by molar-refractivity contribution is 0.109. The maximum atomic E-state index is 14.6. The number of aromatic nitrogens is 3. The molecule has 0 spiro atoms. The Morgan fingerprint density at radius 3 is 2.76 bits per heavy atom. The molecule has 2 aromatic carbocycles. The zero-order chi connectivity index (χ0) is 24.2. The van der Waals surface area contributed by atoms with Crippen LogP contribution < -0.4 is 10.1 Å². The molecule has 0 fully saturated rings. The van der Waals surface area contributed by atoms with Crippen LogP contribution in [0.1, 0.15) is 28.5 Å². The molecule has 0 bridgehead atoms. The number of aryl methyl sites for hydroxylation is 1. The van der Waals surface area contributed by atoms with Gasteiger partial charge >= 0.3 is 0 Å². The van der Waals surface area contributed by atoms with E-state index in [0.717, 1.165) is 11.1 Å². The Hall–Kier alpha value is -3.90. The van der Waals surface area contributed by atoms with E-state index in [1.165, 1.54) is 19.5 Å². The van der Waals surface area contributed by atoms with E-state index in [0.29, 0.717) is 58.9 Å². The predicted octanol–water partition coefficient (Wildman–Crippen LogP) is 4.86. The molecule has 7 nitrogen and oxygen atoms in total. The molecule has 1 N–H and O–H groups in total. The van der Waals surface area contributed by atoms with E-state index in [-0.39, 0.29) is 5.12 Å². The molecule has 9 heteroatoms. The average molecular weight is 476 g/mol. The minimum absolute atomic E-state index is 0.267. The molecular formula is C25H22FN5O2S. The second-order valence-corrected chi connectivity index (χ2v) is 7.96. The van der Waals surface area contributed by atoms with Crippen LogP contribution in [-0.4, -0.2) is 33.3 Å². The van der Waals surface area contributed by atoms with Gasteiger partial charge in [0.05, 0.1) is 18.3 Å². The van der Waals surface area contributed by atoms with E-state index in [1.54, 1.807) is 28.8 Å². The highest BCUT2D eigenvalue weighted by Gasteiger charge is 2.16. The summed E-state index contributed by atoms with van der Waals surface area (Å²) in [5.41, 5.74) is 3.70. The van der Waals surface area contributed by atoms with E-state index in [9.17, 15) is 14.4 Å². The van der Waals surface area contributed by atoms with Gasteiger partial charge in [0, 0.05) is 35.7 Å². The Balaban J connectivity index is 1.56. The number of thiol groups is 1. The fourth-order valence-electron chi connectivity index (χ4n) is 3.98. The quantitative estimate of drug-likeness (QED) is 0.354. The van der Waals surface area contributed by atoms with Gasteiger partial charge < -0.3 is 14.6 Å². The molecule has 0 aliphatic heterocycles. The van der Waals surface area contributed by atoms with E-state index >= 15 is 0 Å². The van der Waals surface area contributed by atoms with Crippen molar-refractivity contribution >= 4 is 34.5 Å². The first-order valence-corrected chi connectivity index (χ1v) is 11.1. The summed E-state index contributed by atoms with van der Waals surface area (Å²) >= 11 is 3.94. The zero-order valence-corrected chi connectivity index (χ0v) is 19.6. The molecule has 2 heterocycles. The molecule has 0 aliphatic rings. The molecule has 0 saturated carbocycles. The van der Waals surface area contributed by atoms with Gasteiger partial charge in [-0.05, 0) is 42.3 Å². The minimum Gasteiger partial charge on any atom is -0.496 e. The number of nitrogens with one attached hydrogen (secondary N) is 1. The molecule has 0 unspecified atom stereocenters. The number of anilines is 1. The number of carbonyl (C=O) groups excluding carboxylic acids is 1. The maximum absolute atomic E-state index is 14.6. The summed E-state index contributed by atoms with van der Waals surface area (Å²) in [5.74, 6) is 0.680. The van der Waals surface area contributed by atoms with Crippen LogP contribution >= 0.6 is 12.6 Å². The second kappa shape index (κ2) is 9.93. The number of hydrogen-bond donors (Lipinski definition) is 2. The van der Waals surface area contributed by atoms with Crippen molar-refractivity contribution in [2.45, 2.75) is 19.9 Å². The average Bonchev–Trinajstić information content (AvgIpc) is 3.23. The second-order valence-electron chi connectivity index (χ2n) is 7.55. The molecule has 0 atom stereocenters. The van der Waals surface area contributed by atoms with Crippen LogP contribution in [0.25, 0.3) is 22.2 Å². The van der Waals surface area contributed by atoms with Crippen LogP contribution in [0, 0.1) is 17.1 Å². The topological polar surface area (TPSA) is 92.8 Å². The fourth-order valence-corrected chi connectivity index (χ4v) is 4.19. The Kier molecular flexibility index (Phi) is 6.80. The van der Waals surface area contributed by atoms with Crippen molar-refractivity contribution in [3.05, 3.63) is 71.4 Å². The lowest BCUT2D eigenvalue weighted by Crippen LogP contribution is -2.13. The van der Waals surface area contributed by atoms with Crippen LogP contribution in [0.4, 0.5) is 10.2 Å². The van der Waals surface area contributed by atoms with Crippen LogP contribution in [0.5, 0.6) is 5.75 Å². The first kappa shape index (κ1) is 23.3. The predicted molar refractivity (Wildman–Crippen MR) is 132 cm³/mol. The highest BCUT2D eigenvalue weighted by molar-refractivity contribution is 7.97. The first-order valence-electron chi connectivity index (χ1n) is 10.6. The number of halogens is 1. The third kappa shape index (κ3) is 4.45. The number of methoxy groups -OCH3 is 1. The summed E-state index contributed by atoms with van der Waals surface area (Å²) in [6, 6.07) is 13.9. The minimum atomic E-state index is -0.420. The van der Waals surface area contributed by atoms with Gasteiger partial charge in [0.25, 0.3) is 0 Å². The zero-order valence-electron chi connectivity index (χ0n) is 18.7. The Labute approximate surface area is 201 Å². The van der Waals surface area contributed by atoms with Crippen LogP contribution in [0.2, 0.25) is 0 Å². The first-order chi connectivity index (χ1) is 16.5. The Morgan fingerprint density at radius 2 is 2.06 bits per heavy atom. The number of hydrogen-bond acceptors (Lipinski definition) is 6. The normalized spacial score (nSPS) is 10.8. The van der Waals surface area contributed by atoms with Crippen molar-refractivity contribution in [1.82, 2.24) is 14.5 Å². The van der Waals surface area contributed by atoms with Gasteiger partial charge in [0.1, 0.15) is 35.5 Å². The third-order valence-corrected chi connectivity index (χ3v) is 5.87. The van der Waals surface area contributed by atoms with Gasteiger partial charge in [0.2, 0.25) is 5.12 Å². The highest BCUT2D eigenvalue weighted by Crippen LogP contribution is 2.31. The number of nitriles is 1. The highest BCUT2D eigenvalue weighted by atomic mass is 32.1. The SMILES string of the molecule is CCc1cc(-c2cc(NCCn3c(C#N)cc4c(OC)ccc(F)c43)ncn2)ccc1C(=O)S. The number of carbonyl (C=O) groups is 1. The van der Waals surface area contributed by atoms with Crippen molar-refractivity contribution in [2.24, 2.45) is 0 Å². The van der Waals surface area contributed by atoms with Gasteiger partial charge in [-0.15, -0.1) is 12.6 Å². The monoisotopic (exact) mass is 475 g/mol. The molecule has 2 aromatic heterocycles. The van der Waals surface area contributed by atoms with E-state index < -0.39 is 5.82 Å². The largest absolute Gasteiger partial charge is 0.496 e. The number of nitrogens with zero attached hydrogens (tertiary/aromatic N) is 4. The molecule has 0 saturated heterocycles. The summed E-state index contributed by atoms with van der Waals surface area (Å²) in [6.07, 6.45) is 2.15. The fraction of sp³-hybridized carbons (Fsp3) is 0.200. The van der Waals surface area contributed by atoms with Gasteiger partial charge in [0.15, 0.2) is 0 Å². The van der Waals surface area contributed by atoms with Crippen molar-refractivity contribution in [1.29, 1.82) is 5.26 Å². The molecule has 0 aliphatic carbocycles. The van der Waals surface area contributed by atoms with E-state index in [4.69, 9.17) is 4.74 Å². The van der Waals surface area contributed by atoms with Crippen LogP contribution in [0.3, 0.4) is 0 Å². The van der Waals surface area contributed by atoms with Crippen LogP contribution in [-0.2, 0) is 13.0 Å². The maximum Gasteiger partial charge on any atom is 0.216 e. The lowest BCUT2D eigenvalue weighted by Gasteiger charge is -2.11. The van der Waals surface area contributed by atoms with Crippen molar-refractivity contribution in [3.8, 4) is 23.1 Å². The lowest BCUT2D eigenvalue weighted by atomic mass is 10.0. The molecule has 172 valence electrons. The smallest absolute Gasteiger partial charge is 0.216 e. The summed E-state index contributed by atoms with van der Waals surface area (Å²) < 4.78 is 21.5. The number of ether oxygens (including phenoxy) is 1. The molecule has 34 heavy (non-hydrogen) atoms. The van der Waals surface area contributed by atoms with Crippen molar-refractivity contribution < 1.29 is 13.9 Å². The molecule has 4 aromatic rings.